The molecule has 1 aromatic heterocycles. The number of benzene rings is 1. The van der Waals surface area contributed by atoms with Crippen LogP contribution >= 0.6 is 27.3 Å². The fourth-order valence-corrected chi connectivity index (χ4v) is 3.43. The van der Waals surface area contributed by atoms with E-state index in [9.17, 15) is 0 Å². The minimum absolute atomic E-state index is 0.409. The maximum absolute atomic E-state index is 3.55. The molecule has 17 heavy (non-hydrogen) atoms. The smallest absolute Gasteiger partial charge is 0.0701 e. The number of hydrogen-bond acceptors (Lipinski definition) is 2. The van der Waals surface area contributed by atoms with Crippen LogP contribution in [0.4, 0.5) is 0 Å². The second kappa shape index (κ2) is 6.34. The SMILES string of the molecule is CCNC(Cc1ccc(Br)s1)c1ccccc1. The minimum Gasteiger partial charge on any atom is -0.310 e. The maximum Gasteiger partial charge on any atom is 0.0701 e. The summed E-state index contributed by atoms with van der Waals surface area (Å²) in [5.41, 5.74) is 1.36. The topological polar surface area (TPSA) is 12.0 Å². The fraction of sp³-hybridized carbons (Fsp3) is 0.286. The molecule has 0 aliphatic heterocycles. The van der Waals surface area contributed by atoms with Gasteiger partial charge in [-0.2, -0.15) is 0 Å². The lowest BCUT2D eigenvalue weighted by Gasteiger charge is -2.17. The molecule has 1 aromatic carbocycles. The number of likely N-dealkylation sites (N-methyl/N-ethyl adjacent to an activating group) is 1. The van der Waals surface area contributed by atoms with Gasteiger partial charge in [0.2, 0.25) is 0 Å². The summed E-state index contributed by atoms with van der Waals surface area (Å²) in [5, 5.41) is 3.55. The van der Waals surface area contributed by atoms with E-state index in [4.69, 9.17) is 0 Å². The first-order valence-corrected chi connectivity index (χ1v) is 7.43. The summed E-state index contributed by atoms with van der Waals surface area (Å²) in [5.74, 6) is 0. The third-order valence-electron chi connectivity index (χ3n) is 2.69. The Labute approximate surface area is 115 Å². The normalized spacial score (nSPS) is 12.6. The molecule has 0 bridgehead atoms. The molecule has 2 aromatic rings. The van der Waals surface area contributed by atoms with Gasteiger partial charge in [0, 0.05) is 17.3 Å². The Kier molecular flexibility index (Phi) is 4.77. The summed E-state index contributed by atoms with van der Waals surface area (Å²) in [6.07, 6.45) is 1.05. The molecule has 0 aliphatic carbocycles. The van der Waals surface area contributed by atoms with Crippen molar-refractivity contribution in [2.24, 2.45) is 0 Å². The first-order chi connectivity index (χ1) is 8.29. The van der Waals surface area contributed by atoms with Gasteiger partial charge in [-0.1, -0.05) is 37.3 Å². The van der Waals surface area contributed by atoms with Crippen LogP contribution in [0.5, 0.6) is 0 Å². The zero-order valence-corrected chi connectivity index (χ0v) is 12.2. The molecule has 0 amide bonds. The molecule has 3 heteroatoms. The standard InChI is InChI=1S/C14H16BrNS/c1-2-16-13(11-6-4-3-5-7-11)10-12-8-9-14(15)17-12/h3-9,13,16H,2,10H2,1H3. The molecular formula is C14H16BrNS. The number of thiophene rings is 1. The molecule has 1 unspecified atom stereocenters. The van der Waals surface area contributed by atoms with E-state index < -0.39 is 0 Å². The Bertz CT molecular complexity index is 452. The lowest BCUT2D eigenvalue weighted by molar-refractivity contribution is 0.553. The van der Waals surface area contributed by atoms with Crippen molar-refractivity contribution in [2.45, 2.75) is 19.4 Å². The summed E-state index contributed by atoms with van der Waals surface area (Å²) in [6, 6.07) is 15.4. The minimum atomic E-state index is 0.409. The summed E-state index contributed by atoms with van der Waals surface area (Å²) in [7, 11) is 0. The van der Waals surface area contributed by atoms with Crippen molar-refractivity contribution in [3.05, 3.63) is 56.7 Å². The summed E-state index contributed by atoms with van der Waals surface area (Å²) >= 11 is 5.33. The van der Waals surface area contributed by atoms with Crippen LogP contribution in [0.3, 0.4) is 0 Å². The summed E-state index contributed by atoms with van der Waals surface area (Å²) in [4.78, 5) is 1.41. The highest BCUT2D eigenvalue weighted by atomic mass is 79.9. The van der Waals surface area contributed by atoms with Crippen molar-refractivity contribution < 1.29 is 0 Å². The third kappa shape index (κ3) is 3.66. The number of nitrogens with one attached hydrogen (secondary N) is 1. The van der Waals surface area contributed by atoms with E-state index in [-0.39, 0.29) is 0 Å². The van der Waals surface area contributed by atoms with Crippen LogP contribution in [0.1, 0.15) is 23.4 Å². The van der Waals surface area contributed by atoms with Gasteiger partial charge in [-0.05, 0) is 40.2 Å². The van der Waals surface area contributed by atoms with Crippen molar-refractivity contribution in [1.29, 1.82) is 0 Å². The summed E-state index contributed by atoms with van der Waals surface area (Å²) in [6.45, 7) is 3.15. The molecule has 0 fully saturated rings. The van der Waals surface area contributed by atoms with Crippen LogP contribution in [0.25, 0.3) is 0 Å². The zero-order valence-electron chi connectivity index (χ0n) is 9.82. The highest BCUT2D eigenvalue weighted by molar-refractivity contribution is 9.11. The fourth-order valence-electron chi connectivity index (χ4n) is 1.90. The van der Waals surface area contributed by atoms with E-state index in [0.29, 0.717) is 6.04 Å². The maximum atomic E-state index is 3.55. The van der Waals surface area contributed by atoms with Crippen LogP contribution in [0.2, 0.25) is 0 Å². The third-order valence-corrected chi connectivity index (χ3v) is 4.33. The van der Waals surface area contributed by atoms with Crippen LogP contribution in [-0.2, 0) is 6.42 Å². The van der Waals surface area contributed by atoms with Gasteiger partial charge in [-0.15, -0.1) is 11.3 Å². The van der Waals surface area contributed by atoms with Crippen molar-refractivity contribution in [3.63, 3.8) is 0 Å². The van der Waals surface area contributed by atoms with Gasteiger partial charge in [0.1, 0.15) is 0 Å². The van der Waals surface area contributed by atoms with E-state index in [1.54, 1.807) is 0 Å². The van der Waals surface area contributed by atoms with Crippen molar-refractivity contribution in [3.8, 4) is 0 Å². The van der Waals surface area contributed by atoms with Gasteiger partial charge in [0.05, 0.1) is 3.79 Å². The number of halogens is 1. The van der Waals surface area contributed by atoms with Gasteiger partial charge < -0.3 is 5.32 Å². The van der Waals surface area contributed by atoms with E-state index in [1.165, 1.54) is 14.2 Å². The molecular weight excluding hydrogens is 294 g/mol. The van der Waals surface area contributed by atoms with Gasteiger partial charge in [-0.3, -0.25) is 0 Å². The molecule has 0 saturated carbocycles. The molecule has 1 nitrogen and oxygen atoms in total. The first-order valence-electron chi connectivity index (χ1n) is 5.82. The number of hydrogen-bond donors (Lipinski definition) is 1. The molecule has 1 heterocycles. The Morgan fingerprint density at radius 2 is 1.94 bits per heavy atom. The van der Waals surface area contributed by atoms with E-state index in [0.717, 1.165) is 13.0 Å². The molecule has 1 N–H and O–H groups in total. The van der Waals surface area contributed by atoms with Crippen molar-refractivity contribution in [2.75, 3.05) is 6.54 Å². The van der Waals surface area contributed by atoms with Crippen LogP contribution in [-0.4, -0.2) is 6.54 Å². The Balaban J connectivity index is 2.13. The highest BCUT2D eigenvalue weighted by Crippen LogP contribution is 2.26. The second-order valence-electron chi connectivity index (χ2n) is 3.93. The van der Waals surface area contributed by atoms with Crippen LogP contribution < -0.4 is 5.32 Å². The lowest BCUT2D eigenvalue weighted by atomic mass is 10.0. The highest BCUT2D eigenvalue weighted by Gasteiger charge is 2.11. The molecule has 90 valence electrons. The molecule has 0 radical (unpaired) electrons. The number of rotatable bonds is 5. The average Bonchev–Trinajstić information content (AvgIpc) is 2.75. The van der Waals surface area contributed by atoms with E-state index in [1.807, 2.05) is 11.3 Å². The van der Waals surface area contributed by atoms with Gasteiger partial charge in [0.15, 0.2) is 0 Å². The van der Waals surface area contributed by atoms with Gasteiger partial charge in [-0.25, -0.2) is 0 Å². The van der Waals surface area contributed by atoms with E-state index in [2.05, 4.69) is 70.6 Å². The second-order valence-corrected chi connectivity index (χ2v) is 6.48. The Morgan fingerprint density at radius 1 is 1.18 bits per heavy atom. The first kappa shape index (κ1) is 12.8. The zero-order chi connectivity index (χ0) is 12.1. The summed E-state index contributed by atoms with van der Waals surface area (Å²) < 4.78 is 1.20. The largest absolute Gasteiger partial charge is 0.310 e. The van der Waals surface area contributed by atoms with E-state index >= 15 is 0 Å². The quantitative estimate of drug-likeness (QED) is 0.863. The Hall–Kier alpha value is -0.640. The predicted molar refractivity (Wildman–Crippen MR) is 78.6 cm³/mol. The van der Waals surface area contributed by atoms with Crippen LogP contribution in [0, 0.1) is 0 Å². The van der Waals surface area contributed by atoms with Crippen molar-refractivity contribution in [1.82, 2.24) is 5.32 Å². The van der Waals surface area contributed by atoms with Gasteiger partial charge >= 0.3 is 0 Å². The average molecular weight is 310 g/mol. The van der Waals surface area contributed by atoms with Crippen molar-refractivity contribution >= 4 is 27.3 Å². The van der Waals surface area contributed by atoms with Gasteiger partial charge in [0.25, 0.3) is 0 Å². The molecule has 1 atom stereocenters. The molecule has 0 aliphatic rings. The molecule has 0 spiro atoms. The Morgan fingerprint density at radius 3 is 2.53 bits per heavy atom. The molecule has 2 rings (SSSR count). The predicted octanol–water partition coefficient (Wildman–Crippen LogP) is 4.40. The monoisotopic (exact) mass is 309 g/mol. The molecule has 0 saturated heterocycles. The van der Waals surface area contributed by atoms with Crippen LogP contribution in [0.15, 0.2) is 46.3 Å². The lowest BCUT2D eigenvalue weighted by Crippen LogP contribution is -2.22.